The summed E-state index contributed by atoms with van der Waals surface area (Å²) >= 11 is 0. The van der Waals surface area contributed by atoms with Crippen molar-refractivity contribution < 1.29 is 28.7 Å². The van der Waals surface area contributed by atoms with E-state index in [1.807, 2.05) is 0 Å². The van der Waals surface area contributed by atoms with E-state index in [1.165, 1.54) is 7.11 Å². The lowest BCUT2D eigenvalue weighted by atomic mass is 9.97. The average molecular weight is 346 g/mol. The van der Waals surface area contributed by atoms with E-state index in [9.17, 15) is 19.2 Å². The largest absolute Gasteiger partial charge is 0.497 e. The van der Waals surface area contributed by atoms with E-state index in [-0.39, 0.29) is 18.9 Å². The van der Waals surface area contributed by atoms with E-state index in [0.29, 0.717) is 42.6 Å². The minimum Gasteiger partial charge on any atom is -0.497 e. The molecule has 0 aliphatic carbocycles. The number of ether oxygens (including phenoxy) is 2. The van der Waals surface area contributed by atoms with Crippen molar-refractivity contribution in [3.63, 3.8) is 0 Å². The number of carbonyl (C=O) groups excluding carboxylic acids is 4. The first-order chi connectivity index (χ1) is 11.9. The Labute approximate surface area is 146 Å². The second kappa shape index (κ2) is 8.55. The van der Waals surface area contributed by atoms with Crippen LogP contribution in [-0.2, 0) is 25.5 Å². The Morgan fingerprint density at radius 3 is 2.36 bits per heavy atom. The van der Waals surface area contributed by atoms with Gasteiger partial charge in [0.1, 0.15) is 5.75 Å². The summed E-state index contributed by atoms with van der Waals surface area (Å²) in [6, 6.07) is 5.05. The fraction of sp³-hybridized carbons (Fsp3) is 0.474. The van der Waals surface area contributed by atoms with Gasteiger partial charge in [0.15, 0.2) is 0 Å². The number of aryl methyl sites for hydroxylation is 1. The van der Waals surface area contributed by atoms with Crippen LogP contribution in [0.2, 0.25) is 0 Å². The van der Waals surface area contributed by atoms with Crippen LogP contribution in [0.25, 0.3) is 0 Å². The van der Waals surface area contributed by atoms with Gasteiger partial charge in [-0.1, -0.05) is 0 Å². The molecule has 6 nitrogen and oxygen atoms in total. The molecule has 0 unspecified atom stereocenters. The van der Waals surface area contributed by atoms with Crippen molar-refractivity contribution in [3.05, 3.63) is 29.3 Å². The molecule has 1 aromatic carbocycles. The molecule has 1 aromatic rings. The molecule has 6 heteroatoms. The first-order valence-corrected chi connectivity index (χ1v) is 8.40. The molecule has 2 rings (SSSR count). The van der Waals surface area contributed by atoms with Gasteiger partial charge in [0, 0.05) is 12.8 Å². The fourth-order valence-electron chi connectivity index (χ4n) is 2.78. The van der Waals surface area contributed by atoms with Crippen molar-refractivity contribution in [2.45, 2.75) is 51.6 Å². The van der Waals surface area contributed by atoms with Gasteiger partial charge in [-0.25, -0.2) is 4.79 Å². The molecule has 0 radical (unpaired) electrons. The summed E-state index contributed by atoms with van der Waals surface area (Å²) in [5, 5.41) is 0. The van der Waals surface area contributed by atoms with Gasteiger partial charge in [0.2, 0.25) is 11.6 Å². The topological polar surface area (TPSA) is 86.7 Å². The highest BCUT2D eigenvalue weighted by Gasteiger charge is 2.23. The van der Waals surface area contributed by atoms with Crippen LogP contribution in [0.3, 0.4) is 0 Å². The van der Waals surface area contributed by atoms with Crippen molar-refractivity contribution in [1.82, 2.24) is 0 Å². The van der Waals surface area contributed by atoms with Crippen LogP contribution in [0.15, 0.2) is 18.2 Å². The van der Waals surface area contributed by atoms with Crippen LogP contribution in [0.5, 0.6) is 5.75 Å². The smallest absolute Gasteiger partial charge is 0.338 e. The maximum Gasteiger partial charge on any atom is 0.338 e. The molecule has 0 amide bonds. The molecule has 1 atom stereocenters. The lowest BCUT2D eigenvalue weighted by Crippen LogP contribution is -2.25. The van der Waals surface area contributed by atoms with E-state index in [2.05, 4.69) is 0 Å². The number of rotatable bonds is 1. The fourth-order valence-corrected chi connectivity index (χ4v) is 2.78. The highest BCUT2D eigenvalue weighted by atomic mass is 16.5. The van der Waals surface area contributed by atoms with Crippen molar-refractivity contribution in [1.29, 1.82) is 0 Å². The Bertz CT molecular complexity index is 691. The number of carbonyl (C=O) groups is 4. The van der Waals surface area contributed by atoms with Gasteiger partial charge < -0.3 is 9.47 Å². The van der Waals surface area contributed by atoms with Gasteiger partial charge in [0.25, 0.3) is 5.78 Å². The predicted molar refractivity (Wildman–Crippen MR) is 89.7 cm³/mol. The van der Waals surface area contributed by atoms with E-state index in [0.717, 1.165) is 0 Å². The maximum atomic E-state index is 12.4. The third-order valence-corrected chi connectivity index (χ3v) is 4.21. The second-order valence-corrected chi connectivity index (χ2v) is 6.16. The van der Waals surface area contributed by atoms with Gasteiger partial charge in [0.05, 0.1) is 18.8 Å². The zero-order valence-corrected chi connectivity index (χ0v) is 14.5. The predicted octanol–water partition coefficient (Wildman–Crippen LogP) is 2.45. The third-order valence-electron chi connectivity index (χ3n) is 4.21. The molecule has 1 aliphatic heterocycles. The third kappa shape index (κ3) is 4.98. The highest BCUT2D eigenvalue weighted by Crippen LogP contribution is 2.22. The number of ketones is 3. The molecule has 0 saturated carbocycles. The number of benzene rings is 1. The van der Waals surface area contributed by atoms with E-state index in [1.54, 1.807) is 25.1 Å². The molecule has 1 heterocycles. The SMILES string of the molecule is COc1ccc2c(c1)CCCC(=O)C(=O)C(=O)CCC[C@H](C)OC2=O. The van der Waals surface area contributed by atoms with E-state index < -0.39 is 23.3 Å². The summed E-state index contributed by atoms with van der Waals surface area (Å²) in [4.78, 5) is 47.8. The van der Waals surface area contributed by atoms with Gasteiger partial charge in [-0.15, -0.1) is 0 Å². The van der Waals surface area contributed by atoms with E-state index >= 15 is 0 Å². The molecule has 25 heavy (non-hydrogen) atoms. The Hall–Kier alpha value is -2.50. The number of cyclic esters (lactones) is 1. The van der Waals surface area contributed by atoms with E-state index in [4.69, 9.17) is 9.47 Å². The minimum atomic E-state index is -0.924. The van der Waals surface area contributed by atoms with Crippen molar-refractivity contribution in [2.24, 2.45) is 0 Å². The molecule has 0 aromatic heterocycles. The van der Waals surface area contributed by atoms with Crippen LogP contribution in [0.1, 0.15) is 54.9 Å². The van der Waals surface area contributed by atoms with Crippen LogP contribution < -0.4 is 4.74 Å². The lowest BCUT2D eigenvalue weighted by molar-refractivity contribution is -0.144. The first-order valence-electron chi connectivity index (χ1n) is 8.40. The summed E-state index contributed by atoms with van der Waals surface area (Å²) in [7, 11) is 1.53. The number of hydrogen-bond donors (Lipinski definition) is 0. The number of fused-ring (bicyclic) bond motifs is 1. The molecule has 0 spiro atoms. The molecular formula is C19H22O6. The maximum absolute atomic E-state index is 12.4. The minimum absolute atomic E-state index is 0.000248. The normalized spacial score (nSPS) is 20.5. The molecule has 1 aliphatic rings. The highest BCUT2D eigenvalue weighted by molar-refractivity contribution is 6.63. The zero-order valence-electron chi connectivity index (χ0n) is 14.5. The van der Waals surface area contributed by atoms with Gasteiger partial charge in [-0.3, -0.25) is 14.4 Å². The molecular weight excluding hydrogens is 324 g/mol. The number of Topliss-reactive ketones (excluding diaryl/α,β-unsaturated/α-hetero) is 3. The summed E-state index contributed by atoms with van der Waals surface area (Å²) in [6.07, 6.45) is 1.20. The monoisotopic (exact) mass is 346 g/mol. The van der Waals surface area contributed by atoms with Crippen LogP contribution >= 0.6 is 0 Å². The van der Waals surface area contributed by atoms with Crippen LogP contribution in [-0.4, -0.2) is 36.5 Å². The van der Waals surface area contributed by atoms with Crippen LogP contribution in [0, 0.1) is 0 Å². The lowest BCUT2D eigenvalue weighted by Gasteiger charge is -2.16. The molecule has 0 N–H and O–H groups in total. The summed E-state index contributed by atoms with van der Waals surface area (Å²) < 4.78 is 10.6. The molecule has 0 fully saturated rings. The standard InChI is InChI=1S/C19H22O6/c1-12-5-3-7-16(20)18(22)17(21)8-4-6-13-11-14(24-2)9-10-15(13)19(23)25-12/h9-12H,3-8H2,1-2H3/t12-/m0/s1. The number of esters is 1. The van der Waals surface area contributed by atoms with Crippen molar-refractivity contribution >= 4 is 23.3 Å². The quantitative estimate of drug-likeness (QED) is 0.573. The molecule has 0 saturated heterocycles. The Kier molecular flexibility index (Phi) is 6.44. The second-order valence-electron chi connectivity index (χ2n) is 6.16. The average Bonchev–Trinajstić information content (AvgIpc) is 2.59. The molecule has 134 valence electrons. The molecule has 0 bridgehead atoms. The summed E-state index contributed by atoms with van der Waals surface area (Å²) in [5.41, 5.74) is 1.12. The van der Waals surface area contributed by atoms with Gasteiger partial charge in [-0.05, 0) is 56.4 Å². The van der Waals surface area contributed by atoms with Gasteiger partial charge >= 0.3 is 5.97 Å². The van der Waals surface area contributed by atoms with Crippen molar-refractivity contribution in [3.8, 4) is 5.75 Å². The zero-order chi connectivity index (χ0) is 18.4. The Morgan fingerprint density at radius 2 is 1.68 bits per heavy atom. The Balaban J connectivity index is 2.27. The number of methoxy groups -OCH3 is 1. The first kappa shape index (κ1) is 18.8. The summed E-state index contributed by atoms with van der Waals surface area (Å²) in [6.45, 7) is 1.74. The number of hydrogen-bond acceptors (Lipinski definition) is 6. The van der Waals surface area contributed by atoms with Crippen molar-refractivity contribution in [2.75, 3.05) is 7.11 Å². The van der Waals surface area contributed by atoms with Gasteiger partial charge in [-0.2, -0.15) is 0 Å². The van der Waals surface area contributed by atoms with Crippen LogP contribution in [0.4, 0.5) is 0 Å². The Morgan fingerprint density at radius 1 is 1.00 bits per heavy atom. The summed E-state index contributed by atoms with van der Waals surface area (Å²) in [5.74, 6) is -2.09.